The van der Waals surface area contributed by atoms with E-state index in [2.05, 4.69) is 10.4 Å². The number of hydrogen-bond acceptors (Lipinski definition) is 5. The fourth-order valence-electron chi connectivity index (χ4n) is 2.61. The number of benzene rings is 1. The van der Waals surface area contributed by atoms with Crippen LogP contribution in [0.3, 0.4) is 0 Å². The van der Waals surface area contributed by atoms with Gasteiger partial charge >= 0.3 is 12.1 Å². The zero-order valence-corrected chi connectivity index (χ0v) is 14.9. The number of rotatable bonds is 6. The highest BCUT2D eigenvalue weighted by Crippen LogP contribution is 2.34. The molecule has 0 atom stereocenters. The van der Waals surface area contributed by atoms with Crippen molar-refractivity contribution in [2.45, 2.75) is 32.7 Å². The van der Waals surface area contributed by atoms with Crippen molar-refractivity contribution in [2.75, 3.05) is 5.32 Å². The number of anilines is 1. The average Bonchev–Trinajstić information content (AvgIpc) is 3.22. The number of Topliss-reactive ketones (excluding diaryl/α,β-unsaturated/α-hetero) is 1. The van der Waals surface area contributed by atoms with Crippen LogP contribution < -0.4 is 10.1 Å². The molecule has 2 heterocycles. The van der Waals surface area contributed by atoms with Crippen molar-refractivity contribution in [3.8, 4) is 5.75 Å². The Bertz CT molecular complexity index is 1010. The Morgan fingerprint density at radius 2 is 2.00 bits per heavy atom. The summed E-state index contributed by atoms with van der Waals surface area (Å²) in [5.74, 6) is -2.24. The first kappa shape index (κ1) is 19.5. The first-order chi connectivity index (χ1) is 13.2. The van der Waals surface area contributed by atoms with Crippen molar-refractivity contribution in [2.24, 2.45) is 0 Å². The maximum atomic E-state index is 12.9. The van der Waals surface area contributed by atoms with Crippen LogP contribution in [0.1, 0.15) is 24.4 Å². The summed E-state index contributed by atoms with van der Waals surface area (Å²) in [4.78, 5) is 24.3. The van der Waals surface area contributed by atoms with Crippen molar-refractivity contribution in [1.82, 2.24) is 9.78 Å². The zero-order chi connectivity index (χ0) is 20.5. The molecular formula is C18H16F3N3O4. The molecule has 0 aliphatic heterocycles. The van der Waals surface area contributed by atoms with Crippen molar-refractivity contribution in [3.63, 3.8) is 0 Å². The van der Waals surface area contributed by atoms with Crippen LogP contribution in [0.25, 0.3) is 10.9 Å². The number of amides is 1. The Morgan fingerprint density at radius 3 is 2.61 bits per heavy atom. The van der Waals surface area contributed by atoms with Gasteiger partial charge < -0.3 is 14.5 Å². The van der Waals surface area contributed by atoms with Crippen LogP contribution in [-0.2, 0) is 11.3 Å². The number of carbonyl (C=O) groups is 2. The topological polar surface area (TPSA) is 86.4 Å². The quantitative estimate of drug-likeness (QED) is 0.507. The van der Waals surface area contributed by atoms with Crippen molar-refractivity contribution < 1.29 is 31.9 Å². The Balaban J connectivity index is 2.04. The summed E-state index contributed by atoms with van der Waals surface area (Å²) in [6.45, 7) is 2.13. The van der Waals surface area contributed by atoms with Gasteiger partial charge in [0, 0.05) is 0 Å². The van der Waals surface area contributed by atoms with Crippen molar-refractivity contribution in [1.29, 1.82) is 0 Å². The molecule has 28 heavy (non-hydrogen) atoms. The first-order valence-electron chi connectivity index (χ1n) is 8.28. The molecule has 3 rings (SSSR count). The van der Waals surface area contributed by atoms with E-state index >= 15 is 0 Å². The molecule has 7 nitrogen and oxygen atoms in total. The van der Waals surface area contributed by atoms with E-state index in [-0.39, 0.29) is 34.3 Å². The summed E-state index contributed by atoms with van der Waals surface area (Å²) in [7, 11) is 0. The SMILES string of the molecule is CC(C)Oc1cccc2c1c(NC(=O)C(=O)c1ccco1)nn2CC(F)(F)F. The predicted octanol–water partition coefficient (Wildman–Crippen LogP) is 3.80. The molecule has 0 unspecified atom stereocenters. The smallest absolute Gasteiger partial charge is 0.408 e. The molecule has 0 fully saturated rings. The molecule has 10 heteroatoms. The van der Waals surface area contributed by atoms with Crippen LogP contribution in [0.5, 0.6) is 5.75 Å². The van der Waals surface area contributed by atoms with Crippen LogP contribution in [-0.4, -0.2) is 33.8 Å². The molecule has 0 radical (unpaired) electrons. The monoisotopic (exact) mass is 395 g/mol. The van der Waals surface area contributed by atoms with E-state index in [0.29, 0.717) is 4.68 Å². The summed E-state index contributed by atoms with van der Waals surface area (Å²) in [5, 5.41) is 6.28. The Kier molecular flexibility index (Phi) is 5.12. The molecule has 0 aliphatic rings. The van der Waals surface area contributed by atoms with Crippen molar-refractivity contribution in [3.05, 3.63) is 42.4 Å². The Labute approximate surface area is 157 Å². The van der Waals surface area contributed by atoms with Gasteiger partial charge in [-0.1, -0.05) is 6.07 Å². The maximum absolute atomic E-state index is 12.9. The number of halogens is 3. The molecule has 1 amide bonds. The minimum atomic E-state index is -4.53. The Morgan fingerprint density at radius 1 is 1.25 bits per heavy atom. The largest absolute Gasteiger partial charge is 0.490 e. The summed E-state index contributed by atoms with van der Waals surface area (Å²) >= 11 is 0. The van der Waals surface area contributed by atoms with Gasteiger partial charge in [-0.2, -0.15) is 18.3 Å². The summed E-state index contributed by atoms with van der Waals surface area (Å²) < 4.78 is 50.0. The average molecular weight is 395 g/mol. The van der Waals surface area contributed by atoms with Gasteiger partial charge in [0.05, 0.1) is 23.3 Å². The van der Waals surface area contributed by atoms with Crippen LogP contribution in [0, 0.1) is 0 Å². The van der Waals surface area contributed by atoms with Crippen LogP contribution >= 0.6 is 0 Å². The van der Waals surface area contributed by atoms with Crippen LogP contribution in [0.2, 0.25) is 0 Å². The van der Waals surface area contributed by atoms with Gasteiger partial charge in [-0.3, -0.25) is 14.3 Å². The number of ether oxygens (including phenoxy) is 1. The van der Waals surface area contributed by atoms with E-state index in [0.717, 1.165) is 0 Å². The number of ketones is 1. The van der Waals surface area contributed by atoms with E-state index in [9.17, 15) is 22.8 Å². The molecule has 2 aromatic heterocycles. The van der Waals surface area contributed by atoms with Gasteiger partial charge in [0.1, 0.15) is 12.3 Å². The molecule has 1 aromatic carbocycles. The summed E-state index contributed by atoms with van der Waals surface area (Å²) in [5.41, 5.74) is 0.108. The lowest BCUT2D eigenvalue weighted by Crippen LogP contribution is -2.23. The van der Waals surface area contributed by atoms with E-state index in [1.807, 2.05) is 0 Å². The number of nitrogens with one attached hydrogen (secondary N) is 1. The molecule has 3 aromatic rings. The lowest BCUT2D eigenvalue weighted by molar-refractivity contribution is -0.141. The molecule has 0 saturated carbocycles. The highest BCUT2D eigenvalue weighted by Gasteiger charge is 2.31. The third-order valence-corrected chi connectivity index (χ3v) is 3.61. The number of aromatic nitrogens is 2. The number of nitrogens with zero attached hydrogens (tertiary/aromatic N) is 2. The fraction of sp³-hybridized carbons (Fsp3) is 0.278. The third kappa shape index (κ3) is 4.16. The highest BCUT2D eigenvalue weighted by molar-refractivity contribution is 6.46. The van der Waals surface area contributed by atoms with Gasteiger partial charge in [0.15, 0.2) is 11.6 Å². The maximum Gasteiger partial charge on any atom is 0.408 e. The second-order valence-electron chi connectivity index (χ2n) is 6.20. The normalized spacial score (nSPS) is 11.8. The molecule has 1 N–H and O–H groups in total. The number of hydrogen-bond donors (Lipinski definition) is 1. The number of carbonyl (C=O) groups excluding carboxylic acids is 2. The van der Waals surface area contributed by atoms with E-state index < -0.39 is 24.4 Å². The van der Waals surface area contributed by atoms with Gasteiger partial charge in [-0.05, 0) is 38.1 Å². The Hall–Kier alpha value is -3.30. The molecule has 148 valence electrons. The molecular weight excluding hydrogens is 379 g/mol. The molecule has 0 saturated heterocycles. The second kappa shape index (κ2) is 7.37. The van der Waals surface area contributed by atoms with E-state index in [1.165, 1.54) is 30.5 Å². The van der Waals surface area contributed by atoms with E-state index in [1.54, 1.807) is 19.9 Å². The van der Waals surface area contributed by atoms with E-state index in [4.69, 9.17) is 9.15 Å². The van der Waals surface area contributed by atoms with Gasteiger partial charge in [0.2, 0.25) is 0 Å². The molecule has 0 bridgehead atoms. The third-order valence-electron chi connectivity index (χ3n) is 3.61. The number of fused-ring (bicyclic) bond motifs is 1. The van der Waals surface area contributed by atoms with Crippen LogP contribution in [0.15, 0.2) is 41.0 Å². The van der Waals surface area contributed by atoms with Gasteiger partial charge in [0.25, 0.3) is 5.78 Å². The lowest BCUT2D eigenvalue weighted by Gasteiger charge is -2.12. The minimum absolute atomic E-state index is 0.108. The number of alkyl halides is 3. The van der Waals surface area contributed by atoms with Gasteiger partial charge in [-0.25, -0.2) is 0 Å². The lowest BCUT2D eigenvalue weighted by atomic mass is 10.2. The molecule has 0 spiro atoms. The zero-order valence-electron chi connectivity index (χ0n) is 14.9. The predicted molar refractivity (Wildman–Crippen MR) is 93.2 cm³/mol. The molecule has 0 aliphatic carbocycles. The second-order valence-corrected chi connectivity index (χ2v) is 6.20. The standard InChI is InChI=1S/C18H16F3N3O4/c1-10(2)28-12-6-3-5-11-14(12)16(23-24(11)9-18(19,20)21)22-17(26)15(25)13-7-4-8-27-13/h3-8,10H,9H2,1-2H3,(H,22,23,26). The minimum Gasteiger partial charge on any atom is -0.490 e. The summed E-state index contributed by atoms with van der Waals surface area (Å²) in [6, 6.07) is 7.23. The first-order valence-corrected chi connectivity index (χ1v) is 8.28. The number of furan rings is 1. The van der Waals surface area contributed by atoms with Crippen molar-refractivity contribution >= 4 is 28.4 Å². The highest BCUT2D eigenvalue weighted by atomic mass is 19.4. The van der Waals surface area contributed by atoms with Crippen LogP contribution in [0.4, 0.5) is 19.0 Å². The summed E-state index contributed by atoms with van der Waals surface area (Å²) in [6.07, 6.45) is -3.58. The van der Waals surface area contributed by atoms with Gasteiger partial charge in [-0.15, -0.1) is 0 Å². The fourth-order valence-corrected chi connectivity index (χ4v) is 2.61.